The van der Waals surface area contributed by atoms with Crippen molar-refractivity contribution in [3.8, 4) is 0 Å². The van der Waals surface area contributed by atoms with E-state index in [2.05, 4.69) is 24.9 Å². The average molecular weight is 135 g/mol. The van der Waals surface area contributed by atoms with Crippen LogP contribution in [0.1, 0.15) is 13.3 Å². The van der Waals surface area contributed by atoms with E-state index >= 15 is 0 Å². The number of hydrogen-bond donors (Lipinski definition) is 1. The summed E-state index contributed by atoms with van der Waals surface area (Å²) >= 11 is 0. The monoisotopic (exact) mass is 135 g/mol. The zero-order chi connectivity index (χ0) is 7.40. The minimum absolute atomic E-state index is 1.09. The fraction of sp³-hybridized carbons (Fsp3) is 0.333. The summed E-state index contributed by atoms with van der Waals surface area (Å²) in [5, 5.41) is 3.29. The maximum Gasteiger partial charge on any atom is 0.0329 e. The summed E-state index contributed by atoms with van der Waals surface area (Å²) in [4.78, 5) is 0. The fourth-order valence-electron chi connectivity index (χ4n) is 1.04. The Morgan fingerprint density at radius 2 is 2.40 bits per heavy atom. The number of hydrogen-bond acceptors (Lipinski definition) is 1. The summed E-state index contributed by atoms with van der Waals surface area (Å²) in [6.45, 7) is 6.85. The van der Waals surface area contributed by atoms with Gasteiger partial charge in [0.05, 0.1) is 0 Å². The van der Waals surface area contributed by atoms with Gasteiger partial charge in [-0.2, -0.15) is 0 Å². The SMILES string of the molecule is C=C/C=C\C1=C(C)CCN1. The summed E-state index contributed by atoms with van der Waals surface area (Å²) in [6, 6.07) is 0. The molecule has 10 heavy (non-hydrogen) atoms. The lowest BCUT2D eigenvalue weighted by molar-refractivity contribution is 0.886. The molecule has 1 heterocycles. The van der Waals surface area contributed by atoms with Crippen molar-refractivity contribution in [1.82, 2.24) is 5.32 Å². The van der Waals surface area contributed by atoms with Gasteiger partial charge in [0, 0.05) is 12.2 Å². The van der Waals surface area contributed by atoms with Gasteiger partial charge < -0.3 is 5.32 Å². The minimum Gasteiger partial charge on any atom is -0.385 e. The van der Waals surface area contributed by atoms with Gasteiger partial charge >= 0.3 is 0 Å². The Balaban J connectivity index is 2.62. The van der Waals surface area contributed by atoms with E-state index in [1.54, 1.807) is 6.08 Å². The van der Waals surface area contributed by atoms with E-state index in [0.29, 0.717) is 0 Å². The molecule has 0 unspecified atom stereocenters. The van der Waals surface area contributed by atoms with Crippen LogP contribution in [0.25, 0.3) is 0 Å². The van der Waals surface area contributed by atoms with Gasteiger partial charge in [-0.15, -0.1) is 0 Å². The summed E-state index contributed by atoms with van der Waals surface area (Å²) in [6.07, 6.45) is 6.99. The molecule has 0 radical (unpaired) electrons. The molecular weight excluding hydrogens is 122 g/mol. The molecule has 0 atom stereocenters. The van der Waals surface area contributed by atoms with E-state index in [1.807, 2.05) is 6.08 Å². The van der Waals surface area contributed by atoms with Crippen LogP contribution in [0.2, 0.25) is 0 Å². The highest BCUT2D eigenvalue weighted by molar-refractivity contribution is 5.28. The molecule has 0 saturated heterocycles. The van der Waals surface area contributed by atoms with Crippen LogP contribution < -0.4 is 5.32 Å². The minimum atomic E-state index is 1.09. The Morgan fingerprint density at radius 3 is 2.90 bits per heavy atom. The van der Waals surface area contributed by atoms with Crippen LogP contribution in [0.3, 0.4) is 0 Å². The van der Waals surface area contributed by atoms with Crippen molar-refractivity contribution >= 4 is 0 Å². The van der Waals surface area contributed by atoms with E-state index in [-0.39, 0.29) is 0 Å². The van der Waals surface area contributed by atoms with E-state index in [4.69, 9.17) is 0 Å². The molecule has 0 aromatic carbocycles. The van der Waals surface area contributed by atoms with Crippen LogP contribution in [0.15, 0.2) is 36.1 Å². The number of rotatable bonds is 2. The van der Waals surface area contributed by atoms with Gasteiger partial charge in [-0.05, 0) is 25.0 Å². The molecule has 1 heteroatoms. The smallest absolute Gasteiger partial charge is 0.0329 e. The Bertz CT molecular complexity index is 187. The Labute approximate surface area is 62.1 Å². The number of nitrogens with one attached hydrogen (secondary N) is 1. The largest absolute Gasteiger partial charge is 0.385 e. The van der Waals surface area contributed by atoms with Crippen molar-refractivity contribution in [2.75, 3.05) is 6.54 Å². The second kappa shape index (κ2) is 3.25. The first kappa shape index (κ1) is 7.13. The van der Waals surface area contributed by atoms with E-state index in [0.717, 1.165) is 6.54 Å². The molecule has 1 aliphatic rings. The second-order valence-electron chi connectivity index (χ2n) is 2.47. The first-order valence-electron chi connectivity index (χ1n) is 3.57. The lowest BCUT2D eigenvalue weighted by atomic mass is 10.2. The van der Waals surface area contributed by atoms with Gasteiger partial charge in [-0.25, -0.2) is 0 Å². The van der Waals surface area contributed by atoms with Gasteiger partial charge in [0.1, 0.15) is 0 Å². The molecule has 54 valence electrons. The average Bonchev–Trinajstić information content (AvgIpc) is 2.31. The topological polar surface area (TPSA) is 12.0 Å². The van der Waals surface area contributed by atoms with Gasteiger partial charge in [0.2, 0.25) is 0 Å². The molecule has 0 spiro atoms. The molecule has 0 aromatic rings. The van der Waals surface area contributed by atoms with Crippen LogP contribution in [0, 0.1) is 0 Å². The maximum atomic E-state index is 3.61. The van der Waals surface area contributed by atoms with Crippen molar-refractivity contribution in [3.05, 3.63) is 36.1 Å². The van der Waals surface area contributed by atoms with Gasteiger partial charge in [-0.3, -0.25) is 0 Å². The highest BCUT2D eigenvalue weighted by Crippen LogP contribution is 2.12. The Kier molecular flexibility index (Phi) is 2.32. The van der Waals surface area contributed by atoms with Gasteiger partial charge in [0.15, 0.2) is 0 Å². The van der Waals surface area contributed by atoms with Crippen molar-refractivity contribution in [3.63, 3.8) is 0 Å². The Hall–Kier alpha value is -0.980. The highest BCUT2D eigenvalue weighted by Gasteiger charge is 2.04. The van der Waals surface area contributed by atoms with Gasteiger partial charge in [-0.1, -0.05) is 18.7 Å². The number of allylic oxidation sites excluding steroid dienone is 3. The molecule has 0 amide bonds. The summed E-state index contributed by atoms with van der Waals surface area (Å²) in [5.41, 5.74) is 2.71. The van der Waals surface area contributed by atoms with Crippen molar-refractivity contribution in [2.45, 2.75) is 13.3 Å². The van der Waals surface area contributed by atoms with Gasteiger partial charge in [0.25, 0.3) is 0 Å². The van der Waals surface area contributed by atoms with Crippen LogP contribution >= 0.6 is 0 Å². The zero-order valence-electron chi connectivity index (χ0n) is 6.35. The molecule has 0 aromatic heterocycles. The molecule has 0 saturated carbocycles. The molecule has 1 N–H and O–H groups in total. The molecule has 1 aliphatic heterocycles. The zero-order valence-corrected chi connectivity index (χ0v) is 6.35. The predicted molar refractivity (Wildman–Crippen MR) is 44.7 cm³/mol. The highest BCUT2D eigenvalue weighted by atomic mass is 14.9. The van der Waals surface area contributed by atoms with Crippen LogP contribution in [-0.2, 0) is 0 Å². The van der Waals surface area contributed by atoms with Crippen LogP contribution in [0.4, 0.5) is 0 Å². The first-order chi connectivity index (χ1) is 4.84. The van der Waals surface area contributed by atoms with Crippen molar-refractivity contribution < 1.29 is 0 Å². The molecule has 1 nitrogen and oxygen atoms in total. The third kappa shape index (κ3) is 1.50. The normalized spacial score (nSPS) is 18.1. The molecule has 0 fully saturated rings. The van der Waals surface area contributed by atoms with Crippen molar-refractivity contribution in [1.29, 1.82) is 0 Å². The predicted octanol–water partition coefficient (Wildman–Crippen LogP) is 2.00. The summed E-state index contributed by atoms with van der Waals surface area (Å²) in [7, 11) is 0. The maximum absolute atomic E-state index is 3.61. The van der Waals surface area contributed by atoms with E-state index < -0.39 is 0 Å². The summed E-state index contributed by atoms with van der Waals surface area (Å²) < 4.78 is 0. The molecule has 0 aliphatic carbocycles. The fourth-order valence-corrected chi connectivity index (χ4v) is 1.04. The first-order valence-corrected chi connectivity index (χ1v) is 3.57. The molecule has 0 bridgehead atoms. The quantitative estimate of drug-likeness (QED) is 0.571. The second-order valence-corrected chi connectivity index (χ2v) is 2.47. The lowest BCUT2D eigenvalue weighted by Crippen LogP contribution is -2.04. The molecular formula is C9H13N. The standard InChI is InChI=1S/C9H13N/c1-3-4-5-9-8(2)6-7-10-9/h3-5,10H,1,6-7H2,2H3/b5-4-. The summed E-state index contributed by atoms with van der Waals surface area (Å²) in [5.74, 6) is 0. The van der Waals surface area contributed by atoms with Crippen LogP contribution in [-0.4, -0.2) is 6.54 Å². The van der Waals surface area contributed by atoms with E-state index in [9.17, 15) is 0 Å². The van der Waals surface area contributed by atoms with Crippen molar-refractivity contribution in [2.24, 2.45) is 0 Å². The molecule has 1 rings (SSSR count). The van der Waals surface area contributed by atoms with Crippen LogP contribution in [0.5, 0.6) is 0 Å². The Morgan fingerprint density at radius 1 is 1.60 bits per heavy atom. The lowest BCUT2D eigenvalue weighted by Gasteiger charge is -1.94. The van der Waals surface area contributed by atoms with E-state index in [1.165, 1.54) is 17.7 Å². The third-order valence-corrected chi connectivity index (χ3v) is 1.67. The third-order valence-electron chi connectivity index (χ3n) is 1.67.